The Balaban J connectivity index is 1.77. The maximum Gasteiger partial charge on any atom is 0.277 e. The number of anilines is 1. The van der Waals surface area contributed by atoms with E-state index in [1.807, 2.05) is 61.5 Å². The van der Waals surface area contributed by atoms with E-state index >= 15 is 0 Å². The average molecular weight is 400 g/mol. The minimum absolute atomic E-state index is 0.237. The van der Waals surface area contributed by atoms with Gasteiger partial charge in [-0.1, -0.05) is 24.3 Å². The number of aromatic nitrogens is 3. The van der Waals surface area contributed by atoms with Crippen LogP contribution in [0.15, 0.2) is 71.8 Å². The molecule has 0 unspecified atom stereocenters. The summed E-state index contributed by atoms with van der Waals surface area (Å²) >= 11 is 0. The maximum atomic E-state index is 13.8. The van der Waals surface area contributed by atoms with Crippen molar-refractivity contribution in [2.24, 2.45) is 0 Å². The van der Waals surface area contributed by atoms with Crippen LogP contribution in [0.5, 0.6) is 0 Å². The summed E-state index contributed by atoms with van der Waals surface area (Å²) in [4.78, 5) is 23.7. The highest BCUT2D eigenvalue weighted by Gasteiger charge is 2.11. The van der Waals surface area contributed by atoms with Gasteiger partial charge in [0.1, 0.15) is 11.5 Å². The van der Waals surface area contributed by atoms with Crippen molar-refractivity contribution in [1.29, 1.82) is 0 Å². The molecule has 30 heavy (non-hydrogen) atoms. The lowest BCUT2D eigenvalue weighted by Gasteiger charge is -2.12. The number of hydrogen-bond donors (Lipinski definition) is 0. The predicted molar refractivity (Wildman–Crippen MR) is 119 cm³/mol. The quantitative estimate of drug-likeness (QED) is 0.503. The van der Waals surface area contributed by atoms with Crippen LogP contribution in [0.2, 0.25) is 0 Å². The van der Waals surface area contributed by atoms with Crippen LogP contribution in [0.4, 0.5) is 10.1 Å². The van der Waals surface area contributed by atoms with Crippen LogP contribution in [0.1, 0.15) is 16.8 Å². The molecule has 4 aromatic rings. The Morgan fingerprint density at radius 3 is 2.57 bits per heavy atom. The van der Waals surface area contributed by atoms with E-state index in [-0.39, 0.29) is 11.3 Å². The monoisotopic (exact) mass is 400 g/mol. The van der Waals surface area contributed by atoms with Gasteiger partial charge in [0, 0.05) is 38.2 Å². The molecular formula is C24H21FN4O. The summed E-state index contributed by atoms with van der Waals surface area (Å²) in [5, 5.41) is 0. The summed E-state index contributed by atoms with van der Waals surface area (Å²) in [6.45, 7) is 0.329. The Kier molecular flexibility index (Phi) is 5.39. The third kappa shape index (κ3) is 4.12. The van der Waals surface area contributed by atoms with Gasteiger partial charge in [0.05, 0.1) is 17.6 Å². The van der Waals surface area contributed by atoms with Gasteiger partial charge in [0.15, 0.2) is 0 Å². The molecule has 0 N–H and O–H groups in total. The molecule has 2 heterocycles. The SMILES string of the molecule is CN(C)c1ccc(/C=C/c2nc3cc(F)ccc3n(Cc3cccnc3)c2=O)cc1. The van der Waals surface area contributed by atoms with E-state index in [4.69, 9.17) is 0 Å². The second kappa shape index (κ2) is 8.29. The summed E-state index contributed by atoms with van der Waals surface area (Å²) in [6, 6.07) is 15.9. The molecule has 0 saturated carbocycles. The number of hydrogen-bond acceptors (Lipinski definition) is 4. The van der Waals surface area contributed by atoms with Gasteiger partial charge in [0.25, 0.3) is 5.56 Å². The van der Waals surface area contributed by atoms with Gasteiger partial charge in [-0.2, -0.15) is 0 Å². The lowest BCUT2D eigenvalue weighted by Crippen LogP contribution is -2.24. The normalized spacial score (nSPS) is 11.3. The van der Waals surface area contributed by atoms with Crippen molar-refractivity contribution in [3.05, 3.63) is 100.0 Å². The Labute approximate surface area is 173 Å². The number of pyridine rings is 1. The molecule has 6 heteroatoms. The first-order chi connectivity index (χ1) is 14.5. The molecule has 0 amide bonds. The Morgan fingerprint density at radius 2 is 1.87 bits per heavy atom. The predicted octanol–water partition coefficient (Wildman–Crippen LogP) is 4.22. The molecule has 0 aliphatic rings. The number of fused-ring (bicyclic) bond motifs is 1. The Bertz CT molecular complexity index is 1260. The van der Waals surface area contributed by atoms with Gasteiger partial charge in [-0.05, 0) is 47.5 Å². The minimum atomic E-state index is -0.393. The van der Waals surface area contributed by atoms with Crippen LogP contribution in [-0.2, 0) is 6.54 Å². The molecule has 4 rings (SSSR count). The molecule has 0 spiro atoms. The van der Waals surface area contributed by atoms with Crippen LogP contribution < -0.4 is 10.5 Å². The standard InChI is InChI=1S/C24H21FN4O/c1-28(2)20-9-5-17(6-10-20)7-11-21-24(30)29(16-18-4-3-13-26-15-18)23-12-8-19(25)14-22(23)27-21/h3-15H,16H2,1-2H3/b11-7+. The van der Waals surface area contributed by atoms with Crippen molar-refractivity contribution in [2.75, 3.05) is 19.0 Å². The molecule has 2 aromatic carbocycles. The van der Waals surface area contributed by atoms with Gasteiger partial charge in [-0.3, -0.25) is 9.78 Å². The molecule has 2 aromatic heterocycles. The Hall–Kier alpha value is -3.80. The van der Waals surface area contributed by atoms with Crippen molar-refractivity contribution in [3.8, 4) is 0 Å². The van der Waals surface area contributed by atoms with Gasteiger partial charge >= 0.3 is 0 Å². The van der Waals surface area contributed by atoms with E-state index in [2.05, 4.69) is 9.97 Å². The van der Waals surface area contributed by atoms with Gasteiger partial charge < -0.3 is 9.47 Å². The molecule has 0 aliphatic heterocycles. The van der Waals surface area contributed by atoms with Crippen LogP contribution in [0.3, 0.4) is 0 Å². The number of rotatable bonds is 5. The number of halogens is 1. The van der Waals surface area contributed by atoms with Crippen molar-refractivity contribution in [2.45, 2.75) is 6.54 Å². The highest BCUT2D eigenvalue weighted by molar-refractivity contribution is 5.78. The van der Waals surface area contributed by atoms with Gasteiger partial charge in [-0.15, -0.1) is 0 Å². The van der Waals surface area contributed by atoms with E-state index in [1.165, 1.54) is 12.1 Å². The zero-order valence-corrected chi connectivity index (χ0v) is 16.8. The molecule has 0 saturated heterocycles. The number of benzene rings is 2. The first-order valence-corrected chi connectivity index (χ1v) is 9.56. The summed E-state index contributed by atoms with van der Waals surface area (Å²) in [7, 11) is 3.96. The van der Waals surface area contributed by atoms with E-state index in [0.717, 1.165) is 16.8 Å². The molecule has 0 aliphatic carbocycles. The minimum Gasteiger partial charge on any atom is -0.378 e. The second-order valence-electron chi connectivity index (χ2n) is 7.20. The van der Waals surface area contributed by atoms with E-state index < -0.39 is 5.82 Å². The molecule has 150 valence electrons. The molecule has 0 radical (unpaired) electrons. The van der Waals surface area contributed by atoms with Gasteiger partial charge in [-0.25, -0.2) is 9.37 Å². The van der Waals surface area contributed by atoms with E-state index in [9.17, 15) is 9.18 Å². The van der Waals surface area contributed by atoms with Crippen molar-refractivity contribution in [3.63, 3.8) is 0 Å². The smallest absolute Gasteiger partial charge is 0.277 e. The number of nitrogens with zero attached hydrogens (tertiary/aromatic N) is 4. The fourth-order valence-corrected chi connectivity index (χ4v) is 3.24. The molecule has 0 atom stereocenters. The molecule has 5 nitrogen and oxygen atoms in total. The van der Waals surface area contributed by atoms with Crippen LogP contribution in [0.25, 0.3) is 23.2 Å². The van der Waals surface area contributed by atoms with Crippen LogP contribution in [0, 0.1) is 5.82 Å². The summed E-state index contributed by atoms with van der Waals surface area (Å²) < 4.78 is 15.4. The molecular weight excluding hydrogens is 379 g/mol. The van der Waals surface area contributed by atoms with Crippen LogP contribution in [-0.4, -0.2) is 28.6 Å². The lowest BCUT2D eigenvalue weighted by atomic mass is 10.1. The summed E-state index contributed by atoms with van der Waals surface area (Å²) in [5.41, 5.74) is 3.95. The maximum absolute atomic E-state index is 13.8. The zero-order valence-electron chi connectivity index (χ0n) is 16.8. The molecule has 0 bridgehead atoms. The lowest BCUT2D eigenvalue weighted by molar-refractivity contribution is 0.628. The average Bonchev–Trinajstić information content (AvgIpc) is 2.75. The fourth-order valence-electron chi connectivity index (χ4n) is 3.24. The second-order valence-corrected chi connectivity index (χ2v) is 7.20. The largest absolute Gasteiger partial charge is 0.378 e. The molecule has 0 fully saturated rings. The zero-order chi connectivity index (χ0) is 21.1. The van der Waals surface area contributed by atoms with E-state index in [0.29, 0.717) is 17.6 Å². The van der Waals surface area contributed by atoms with Crippen molar-refractivity contribution >= 4 is 28.9 Å². The van der Waals surface area contributed by atoms with Crippen molar-refractivity contribution < 1.29 is 4.39 Å². The van der Waals surface area contributed by atoms with Gasteiger partial charge in [0.2, 0.25) is 0 Å². The van der Waals surface area contributed by atoms with Crippen molar-refractivity contribution in [1.82, 2.24) is 14.5 Å². The highest BCUT2D eigenvalue weighted by Crippen LogP contribution is 2.16. The summed E-state index contributed by atoms with van der Waals surface area (Å²) in [6.07, 6.45) is 6.91. The third-order valence-electron chi connectivity index (χ3n) is 4.84. The fraction of sp³-hybridized carbons (Fsp3) is 0.125. The Morgan fingerprint density at radius 1 is 1.07 bits per heavy atom. The first kappa shape index (κ1) is 19.5. The topological polar surface area (TPSA) is 51.0 Å². The summed E-state index contributed by atoms with van der Waals surface area (Å²) in [5.74, 6) is -0.393. The van der Waals surface area contributed by atoms with Crippen LogP contribution >= 0.6 is 0 Å². The highest BCUT2D eigenvalue weighted by atomic mass is 19.1. The first-order valence-electron chi connectivity index (χ1n) is 9.56. The third-order valence-corrected chi connectivity index (χ3v) is 4.84. The van der Waals surface area contributed by atoms with E-state index in [1.54, 1.807) is 29.1 Å².